The molecule has 90 valence electrons. The molecule has 0 aliphatic carbocycles. The minimum atomic E-state index is 0.260. The molecule has 2 rings (SSSR count). The lowest BCUT2D eigenvalue weighted by Crippen LogP contribution is -2.18. The van der Waals surface area contributed by atoms with E-state index in [2.05, 4.69) is 39.0 Å². The van der Waals surface area contributed by atoms with Gasteiger partial charge in [-0.25, -0.2) is 4.98 Å². The summed E-state index contributed by atoms with van der Waals surface area (Å²) in [6.07, 6.45) is 2.73. The summed E-state index contributed by atoms with van der Waals surface area (Å²) in [6.45, 7) is 0. The van der Waals surface area contributed by atoms with E-state index in [0.717, 1.165) is 20.0 Å². The first-order chi connectivity index (χ1) is 8.20. The minimum absolute atomic E-state index is 0.260. The van der Waals surface area contributed by atoms with E-state index in [1.807, 2.05) is 30.8 Å². The van der Waals surface area contributed by atoms with Crippen molar-refractivity contribution in [2.75, 3.05) is 7.05 Å². The van der Waals surface area contributed by atoms with Gasteiger partial charge in [-0.1, -0.05) is 17.7 Å². The number of thiazole rings is 1. The second-order valence-electron chi connectivity index (χ2n) is 3.64. The molecule has 1 N–H and O–H groups in total. The number of nitrogens with zero attached hydrogens (tertiary/aromatic N) is 1. The fraction of sp³-hybridized carbons (Fsp3) is 0.250. The van der Waals surface area contributed by atoms with Crippen molar-refractivity contribution in [2.24, 2.45) is 0 Å². The molecule has 0 amide bonds. The lowest BCUT2D eigenvalue weighted by molar-refractivity contribution is 0.590. The molecule has 17 heavy (non-hydrogen) atoms. The topological polar surface area (TPSA) is 24.9 Å². The quantitative estimate of drug-likeness (QED) is 0.816. The number of benzene rings is 1. The summed E-state index contributed by atoms with van der Waals surface area (Å²) >= 11 is 10.1. The molecule has 2 nitrogen and oxygen atoms in total. The van der Waals surface area contributed by atoms with Gasteiger partial charge in [-0.15, -0.1) is 11.3 Å². The second kappa shape index (κ2) is 6.13. The van der Waals surface area contributed by atoms with Crippen LogP contribution in [0.5, 0.6) is 0 Å². The van der Waals surface area contributed by atoms with Gasteiger partial charge < -0.3 is 5.32 Å². The van der Waals surface area contributed by atoms with Gasteiger partial charge in [0.1, 0.15) is 0 Å². The normalized spacial score (nSPS) is 12.6. The van der Waals surface area contributed by atoms with Crippen molar-refractivity contribution in [1.29, 1.82) is 0 Å². The molecule has 1 aromatic carbocycles. The molecule has 0 radical (unpaired) electrons. The first kappa shape index (κ1) is 13.3. The van der Waals surface area contributed by atoms with Crippen LogP contribution >= 0.6 is 45.5 Å². The summed E-state index contributed by atoms with van der Waals surface area (Å²) in [7, 11) is 1.96. The predicted molar refractivity (Wildman–Crippen MR) is 81.8 cm³/mol. The smallest absolute Gasteiger partial charge is 0.0943 e. The van der Waals surface area contributed by atoms with Gasteiger partial charge >= 0.3 is 0 Å². The average Bonchev–Trinajstić information content (AvgIpc) is 2.82. The maximum atomic E-state index is 6.15. The van der Waals surface area contributed by atoms with Crippen LogP contribution in [-0.4, -0.2) is 12.0 Å². The van der Waals surface area contributed by atoms with Gasteiger partial charge in [-0.2, -0.15) is 0 Å². The number of halogens is 2. The van der Waals surface area contributed by atoms with E-state index in [1.165, 1.54) is 5.56 Å². The van der Waals surface area contributed by atoms with E-state index in [0.29, 0.717) is 0 Å². The molecule has 0 saturated carbocycles. The van der Waals surface area contributed by atoms with Crippen LogP contribution in [0, 0.1) is 3.57 Å². The number of aromatic nitrogens is 1. The van der Waals surface area contributed by atoms with Crippen molar-refractivity contribution in [1.82, 2.24) is 10.3 Å². The van der Waals surface area contributed by atoms with Gasteiger partial charge in [0.2, 0.25) is 0 Å². The van der Waals surface area contributed by atoms with E-state index >= 15 is 0 Å². The Morgan fingerprint density at radius 3 is 2.94 bits per heavy atom. The molecule has 0 aliphatic rings. The molecular formula is C12H12ClIN2S. The third kappa shape index (κ3) is 3.40. The molecule has 1 aromatic heterocycles. The van der Waals surface area contributed by atoms with E-state index in [9.17, 15) is 0 Å². The third-order valence-electron chi connectivity index (χ3n) is 2.56. The Bertz CT molecular complexity index is 487. The highest BCUT2D eigenvalue weighted by atomic mass is 127. The van der Waals surface area contributed by atoms with Crippen LogP contribution in [0.3, 0.4) is 0 Å². The van der Waals surface area contributed by atoms with Crippen molar-refractivity contribution in [3.63, 3.8) is 0 Å². The Morgan fingerprint density at radius 2 is 2.35 bits per heavy atom. The zero-order valence-electron chi connectivity index (χ0n) is 9.28. The molecule has 1 unspecified atom stereocenters. The standard InChI is InChI=1S/C12H12ClIN2S/c1-15-11(7-12-16-4-5-17-12)8-2-3-10(14)9(13)6-8/h2-6,11,15H,7H2,1H3. The maximum Gasteiger partial charge on any atom is 0.0943 e. The molecule has 0 spiro atoms. The lowest BCUT2D eigenvalue weighted by atomic mass is 10.0. The highest BCUT2D eigenvalue weighted by Gasteiger charge is 2.12. The first-order valence-corrected chi connectivity index (χ1v) is 7.55. The molecule has 5 heteroatoms. The van der Waals surface area contributed by atoms with E-state index < -0.39 is 0 Å². The van der Waals surface area contributed by atoms with Crippen LogP contribution in [0.15, 0.2) is 29.8 Å². The Labute approximate surface area is 124 Å². The van der Waals surface area contributed by atoms with Gasteiger partial charge in [0, 0.05) is 27.6 Å². The molecule has 0 saturated heterocycles. The Balaban J connectivity index is 2.20. The van der Waals surface area contributed by atoms with E-state index in [-0.39, 0.29) is 6.04 Å². The second-order valence-corrected chi connectivity index (χ2v) is 6.19. The summed E-state index contributed by atoms with van der Waals surface area (Å²) in [5, 5.41) is 7.26. The maximum absolute atomic E-state index is 6.15. The van der Waals surface area contributed by atoms with Crippen LogP contribution in [0.2, 0.25) is 5.02 Å². The minimum Gasteiger partial charge on any atom is -0.313 e. The summed E-state index contributed by atoms with van der Waals surface area (Å²) in [6, 6.07) is 6.45. The van der Waals surface area contributed by atoms with Crippen LogP contribution in [0.1, 0.15) is 16.6 Å². The van der Waals surface area contributed by atoms with Crippen LogP contribution in [0.4, 0.5) is 0 Å². The molecule has 0 aliphatic heterocycles. The van der Waals surface area contributed by atoms with Gasteiger partial charge in [0.15, 0.2) is 0 Å². The largest absolute Gasteiger partial charge is 0.313 e. The van der Waals surface area contributed by atoms with E-state index in [4.69, 9.17) is 11.6 Å². The lowest BCUT2D eigenvalue weighted by Gasteiger charge is -2.16. The zero-order valence-corrected chi connectivity index (χ0v) is 13.0. The van der Waals surface area contributed by atoms with Crippen molar-refractivity contribution in [3.8, 4) is 0 Å². The van der Waals surface area contributed by atoms with Crippen molar-refractivity contribution in [3.05, 3.63) is 48.9 Å². The summed E-state index contributed by atoms with van der Waals surface area (Å²) in [5.41, 5.74) is 1.20. The van der Waals surface area contributed by atoms with E-state index in [1.54, 1.807) is 11.3 Å². The van der Waals surface area contributed by atoms with Crippen LogP contribution in [0.25, 0.3) is 0 Å². The average molecular weight is 379 g/mol. The van der Waals surface area contributed by atoms with Crippen molar-refractivity contribution >= 4 is 45.5 Å². The fourth-order valence-corrected chi connectivity index (χ4v) is 2.83. The number of hydrogen-bond acceptors (Lipinski definition) is 3. The predicted octanol–water partition coefficient (Wildman–Crippen LogP) is 3.90. The zero-order chi connectivity index (χ0) is 12.3. The molecular weight excluding hydrogens is 367 g/mol. The number of likely N-dealkylation sites (N-methyl/N-ethyl adjacent to an activating group) is 1. The van der Waals surface area contributed by atoms with Gasteiger partial charge in [-0.05, 0) is 47.3 Å². The summed E-state index contributed by atoms with van der Waals surface area (Å²) in [5.74, 6) is 0. The third-order valence-corrected chi connectivity index (χ3v) is 4.93. The van der Waals surface area contributed by atoms with Gasteiger partial charge in [0.25, 0.3) is 0 Å². The van der Waals surface area contributed by atoms with Crippen LogP contribution < -0.4 is 5.32 Å². The molecule has 1 atom stereocenters. The SMILES string of the molecule is CNC(Cc1nccs1)c1ccc(I)c(Cl)c1. The Kier molecular flexibility index (Phi) is 4.78. The Hall–Kier alpha value is -0.170. The summed E-state index contributed by atoms with van der Waals surface area (Å²) in [4.78, 5) is 4.31. The number of hydrogen-bond donors (Lipinski definition) is 1. The van der Waals surface area contributed by atoms with Crippen LogP contribution in [-0.2, 0) is 6.42 Å². The highest BCUT2D eigenvalue weighted by molar-refractivity contribution is 14.1. The van der Waals surface area contributed by atoms with Gasteiger partial charge in [0.05, 0.1) is 10.0 Å². The molecule has 0 fully saturated rings. The molecule has 2 aromatic rings. The fourth-order valence-electron chi connectivity index (χ4n) is 1.64. The number of nitrogens with one attached hydrogen (secondary N) is 1. The monoisotopic (exact) mass is 378 g/mol. The summed E-state index contributed by atoms with van der Waals surface area (Å²) < 4.78 is 1.08. The van der Waals surface area contributed by atoms with Crippen molar-refractivity contribution in [2.45, 2.75) is 12.5 Å². The highest BCUT2D eigenvalue weighted by Crippen LogP contribution is 2.25. The Morgan fingerprint density at radius 1 is 1.53 bits per heavy atom. The molecule has 0 bridgehead atoms. The number of rotatable bonds is 4. The first-order valence-electron chi connectivity index (χ1n) is 5.21. The van der Waals surface area contributed by atoms with Crippen molar-refractivity contribution < 1.29 is 0 Å². The molecule has 1 heterocycles. The van der Waals surface area contributed by atoms with Gasteiger partial charge in [-0.3, -0.25) is 0 Å².